The molecule has 0 saturated carbocycles. The molecule has 1 atom stereocenters. The molecule has 0 bridgehead atoms. The molecule has 0 aliphatic heterocycles. The van der Waals surface area contributed by atoms with Crippen LogP contribution in [0.25, 0.3) is 33.1 Å². The maximum Gasteiger partial charge on any atom is 0.256 e. The molecule has 154 valence electrons. The number of fused-ring (bicyclic) bond motifs is 2. The van der Waals surface area contributed by atoms with Crippen molar-refractivity contribution in [2.75, 3.05) is 5.73 Å². The van der Waals surface area contributed by atoms with E-state index < -0.39 is 17.6 Å². The fourth-order valence-electron chi connectivity index (χ4n) is 3.71. The Hall–Kier alpha value is -4.27. The summed E-state index contributed by atoms with van der Waals surface area (Å²) in [6.07, 6.45) is 1.33. The summed E-state index contributed by atoms with van der Waals surface area (Å²) in [5.41, 5.74) is 7.77. The molecular formula is C22H17FN6O2. The Kier molecular flexibility index (Phi) is 4.18. The van der Waals surface area contributed by atoms with Crippen molar-refractivity contribution in [3.05, 3.63) is 76.7 Å². The van der Waals surface area contributed by atoms with Gasteiger partial charge in [-0.05, 0) is 42.6 Å². The lowest BCUT2D eigenvalue weighted by Crippen LogP contribution is -2.16. The van der Waals surface area contributed by atoms with Gasteiger partial charge in [-0.2, -0.15) is 5.10 Å². The van der Waals surface area contributed by atoms with Crippen molar-refractivity contribution >= 4 is 27.6 Å². The van der Waals surface area contributed by atoms with E-state index in [4.69, 9.17) is 5.73 Å². The molecule has 0 amide bonds. The van der Waals surface area contributed by atoms with E-state index >= 15 is 0 Å². The lowest BCUT2D eigenvalue weighted by Gasteiger charge is -2.14. The van der Waals surface area contributed by atoms with Crippen molar-refractivity contribution in [3.63, 3.8) is 0 Å². The van der Waals surface area contributed by atoms with Crippen LogP contribution in [0.15, 0.2) is 59.7 Å². The molecule has 1 unspecified atom stereocenters. The predicted octanol–water partition coefficient (Wildman–Crippen LogP) is 3.37. The molecule has 3 heterocycles. The van der Waals surface area contributed by atoms with Crippen LogP contribution in [0.3, 0.4) is 0 Å². The standard InChI is InChI=1S/C22H17FN6O2/c1-11(16-9-12-4-2-3-5-14(12)22(31)27-16)29-21-18(20(24)25-10-26-21)19(28-29)13-6-7-17(30)15(23)8-13/h2-11,30H,1H3,(H,27,31)(H2,24,25,26). The van der Waals surface area contributed by atoms with Crippen molar-refractivity contribution in [1.82, 2.24) is 24.7 Å². The first-order chi connectivity index (χ1) is 14.9. The first kappa shape index (κ1) is 18.7. The summed E-state index contributed by atoms with van der Waals surface area (Å²) in [6.45, 7) is 1.87. The van der Waals surface area contributed by atoms with Crippen LogP contribution in [0.5, 0.6) is 5.75 Å². The number of benzene rings is 2. The Bertz CT molecular complexity index is 1520. The molecule has 0 saturated heterocycles. The van der Waals surface area contributed by atoms with Gasteiger partial charge in [-0.1, -0.05) is 18.2 Å². The summed E-state index contributed by atoms with van der Waals surface area (Å²) in [7, 11) is 0. The number of aromatic hydroxyl groups is 1. The van der Waals surface area contributed by atoms with E-state index in [1.807, 2.05) is 31.2 Å². The maximum absolute atomic E-state index is 14.0. The Morgan fingerprint density at radius 1 is 1.16 bits per heavy atom. The molecular weight excluding hydrogens is 399 g/mol. The number of halogens is 1. The summed E-state index contributed by atoms with van der Waals surface area (Å²) in [4.78, 5) is 23.8. The molecule has 5 rings (SSSR count). The van der Waals surface area contributed by atoms with Gasteiger partial charge in [-0.15, -0.1) is 0 Å². The first-order valence-corrected chi connectivity index (χ1v) is 9.53. The van der Waals surface area contributed by atoms with Gasteiger partial charge in [-0.3, -0.25) is 4.79 Å². The number of hydrogen-bond donors (Lipinski definition) is 3. The summed E-state index contributed by atoms with van der Waals surface area (Å²) < 4.78 is 15.6. The molecule has 0 fully saturated rings. The Morgan fingerprint density at radius 3 is 2.77 bits per heavy atom. The van der Waals surface area contributed by atoms with E-state index in [0.29, 0.717) is 33.4 Å². The maximum atomic E-state index is 14.0. The molecule has 4 N–H and O–H groups in total. The van der Waals surface area contributed by atoms with Gasteiger partial charge in [0.1, 0.15) is 17.8 Å². The lowest BCUT2D eigenvalue weighted by atomic mass is 10.1. The number of nitrogen functional groups attached to an aromatic ring is 1. The Balaban J connectivity index is 1.73. The number of nitrogens with one attached hydrogen (secondary N) is 1. The van der Waals surface area contributed by atoms with Crippen LogP contribution in [0.4, 0.5) is 10.2 Å². The van der Waals surface area contributed by atoms with E-state index in [2.05, 4.69) is 20.1 Å². The summed E-state index contributed by atoms with van der Waals surface area (Å²) in [6, 6.07) is 12.7. The van der Waals surface area contributed by atoms with Crippen LogP contribution >= 0.6 is 0 Å². The highest BCUT2D eigenvalue weighted by Gasteiger charge is 2.22. The lowest BCUT2D eigenvalue weighted by molar-refractivity contribution is 0.432. The van der Waals surface area contributed by atoms with Crippen molar-refractivity contribution < 1.29 is 9.50 Å². The number of aromatic nitrogens is 5. The number of nitrogens with zero attached hydrogens (tertiary/aromatic N) is 4. The zero-order valence-electron chi connectivity index (χ0n) is 16.4. The fourth-order valence-corrected chi connectivity index (χ4v) is 3.71. The topological polar surface area (TPSA) is 123 Å². The number of phenolic OH excluding ortho intramolecular Hbond substituents is 1. The third-order valence-electron chi connectivity index (χ3n) is 5.33. The molecule has 0 aliphatic carbocycles. The normalized spacial score (nSPS) is 12.5. The largest absolute Gasteiger partial charge is 0.505 e. The van der Waals surface area contributed by atoms with E-state index in [1.165, 1.54) is 18.5 Å². The van der Waals surface area contributed by atoms with Gasteiger partial charge in [0.2, 0.25) is 0 Å². The number of pyridine rings is 1. The van der Waals surface area contributed by atoms with E-state index in [-0.39, 0.29) is 11.4 Å². The van der Waals surface area contributed by atoms with Crippen molar-refractivity contribution in [1.29, 1.82) is 0 Å². The first-order valence-electron chi connectivity index (χ1n) is 9.53. The van der Waals surface area contributed by atoms with Crippen LogP contribution in [-0.4, -0.2) is 29.8 Å². The minimum Gasteiger partial charge on any atom is -0.505 e. The second kappa shape index (κ2) is 6.91. The van der Waals surface area contributed by atoms with Gasteiger partial charge in [0.25, 0.3) is 5.56 Å². The smallest absolute Gasteiger partial charge is 0.256 e. The van der Waals surface area contributed by atoms with Crippen LogP contribution in [0, 0.1) is 5.82 Å². The van der Waals surface area contributed by atoms with Gasteiger partial charge in [-0.25, -0.2) is 19.0 Å². The number of nitrogens with two attached hydrogens (primary N) is 1. The third kappa shape index (κ3) is 2.98. The van der Waals surface area contributed by atoms with Gasteiger partial charge in [0.15, 0.2) is 17.2 Å². The molecule has 0 aliphatic rings. The average molecular weight is 416 g/mol. The van der Waals surface area contributed by atoms with Crippen LogP contribution < -0.4 is 11.3 Å². The van der Waals surface area contributed by atoms with Gasteiger partial charge >= 0.3 is 0 Å². The SMILES string of the molecule is CC(c1cc2ccccc2c(=O)[nH]1)n1nc(-c2ccc(O)c(F)c2)c2c(N)ncnc21. The second-order valence-corrected chi connectivity index (χ2v) is 7.23. The molecule has 0 spiro atoms. The van der Waals surface area contributed by atoms with Crippen molar-refractivity contribution in [2.45, 2.75) is 13.0 Å². The molecule has 2 aromatic carbocycles. The molecule has 3 aromatic heterocycles. The highest BCUT2D eigenvalue weighted by atomic mass is 19.1. The summed E-state index contributed by atoms with van der Waals surface area (Å²) >= 11 is 0. The number of rotatable bonds is 3. The zero-order valence-corrected chi connectivity index (χ0v) is 16.4. The molecule has 9 heteroatoms. The number of H-pyrrole nitrogens is 1. The van der Waals surface area contributed by atoms with Gasteiger partial charge in [0, 0.05) is 16.6 Å². The molecule has 31 heavy (non-hydrogen) atoms. The second-order valence-electron chi connectivity index (χ2n) is 7.23. The molecule has 5 aromatic rings. The van der Waals surface area contributed by atoms with Crippen molar-refractivity contribution in [2.24, 2.45) is 0 Å². The molecule has 8 nitrogen and oxygen atoms in total. The predicted molar refractivity (Wildman–Crippen MR) is 115 cm³/mol. The third-order valence-corrected chi connectivity index (χ3v) is 5.33. The Labute approximate surface area is 174 Å². The van der Waals surface area contributed by atoms with E-state index in [0.717, 1.165) is 5.39 Å². The minimum atomic E-state index is -0.775. The van der Waals surface area contributed by atoms with Gasteiger partial charge < -0.3 is 15.8 Å². The summed E-state index contributed by atoms with van der Waals surface area (Å²) in [5.74, 6) is -1.04. The van der Waals surface area contributed by atoms with E-state index in [9.17, 15) is 14.3 Å². The fraction of sp³-hybridized carbons (Fsp3) is 0.0909. The van der Waals surface area contributed by atoms with Crippen molar-refractivity contribution in [3.8, 4) is 17.0 Å². The van der Waals surface area contributed by atoms with Gasteiger partial charge in [0.05, 0.1) is 11.4 Å². The number of anilines is 1. The van der Waals surface area contributed by atoms with Crippen LogP contribution in [-0.2, 0) is 0 Å². The zero-order chi connectivity index (χ0) is 21.7. The highest BCUT2D eigenvalue weighted by Crippen LogP contribution is 2.34. The number of hydrogen-bond acceptors (Lipinski definition) is 6. The number of phenols is 1. The van der Waals surface area contributed by atoms with Crippen LogP contribution in [0.2, 0.25) is 0 Å². The number of aromatic amines is 1. The minimum absolute atomic E-state index is 0.193. The average Bonchev–Trinajstić information content (AvgIpc) is 3.16. The molecule has 0 radical (unpaired) electrons. The summed E-state index contributed by atoms with van der Waals surface area (Å²) in [5, 5.41) is 16.0. The van der Waals surface area contributed by atoms with Crippen LogP contribution in [0.1, 0.15) is 18.7 Å². The quantitative estimate of drug-likeness (QED) is 0.414. The Morgan fingerprint density at radius 2 is 1.97 bits per heavy atom. The monoisotopic (exact) mass is 416 g/mol. The van der Waals surface area contributed by atoms with E-state index in [1.54, 1.807) is 16.8 Å². The highest BCUT2D eigenvalue weighted by molar-refractivity contribution is 5.98.